The van der Waals surface area contributed by atoms with E-state index < -0.39 is 0 Å². The minimum Gasteiger partial charge on any atom is -0.508 e. The van der Waals surface area contributed by atoms with Gasteiger partial charge in [0, 0.05) is 11.7 Å². The molecule has 0 radical (unpaired) electrons. The lowest BCUT2D eigenvalue weighted by atomic mass is 10.1. The first-order valence-electron chi connectivity index (χ1n) is 5.57. The molecule has 0 saturated carbocycles. The molecular formula is C14H13BrFNO. The smallest absolute Gasteiger partial charge is 0.139 e. The lowest BCUT2D eigenvalue weighted by molar-refractivity contribution is 0.475. The van der Waals surface area contributed by atoms with Crippen LogP contribution in [0.25, 0.3) is 0 Å². The average Bonchev–Trinajstić information content (AvgIpc) is 2.34. The average molecular weight is 310 g/mol. The van der Waals surface area contributed by atoms with Crippen molar-refractivity contribution in [1.29, 1.82) is 0 Å². The zero-order chi connectivity index (χ0) is 13.1. The summed E-state index contributed by atoms with van der Waals surface area (Å²) in [5.41, 5.74) is 1.74. The quantitative estimate of drug-likeness (QED) is 0.877. The Hall–Kier alpha value is -1.55. The standard InChI is InChI=1S/C14H13BrFNO/c1-9(10-2-5-12(18)6-3-10)17-11-4-7-13(15)14(16)8-11/h2-9,17-18H,1H3. The van der Waals surface area contributed by atoms with Gasteiger partial charge in [-0.3, -0.25) is 0 Å². The zero-order valence-corrected chi connectivity index (χ0v) is 11.4. The van der Waals surface area contributed by atoms with E-state index in [0.29, 0.717) is 4.47 Å². The molecule has 2 rings (SSSR count). The molecule has 0 heterocycles. The highest BCUT2D eigenvalue weighted by Crippen LogP contribution is 2.24. The molecule has 1 unspecified atom stereocenters. The van der Waals surface area contributed by atoms with Crippen LogP contribution < -0.4 is 5.32 Å². The van der Waals surface area contributed by atoms with Gasteiger partial charge in [0.05, 0.1) is 4.47 Å². The predicted octanol–water partition coefficient (Wildman–Crippen LogP) is 4.47. The number of rotatable bonds is 3. The molecule has 0 aromatic heterocycles. The molecule has 2 N–H and O–H groups in total. The SMILES string of the molecule is CC(Nc1ccc(Br)c(F)c1)c1ccc(O)cc1. The van der Waals surface area contributed by atoms with Crippen LogP contribution in [-0.4, -0.2) is 5.11 Å². The van der Waals surface area contributed by atoms with Gasteiger partial charge in [-0.1, -0.05) is 12.1 Å². The lowest BCUT2D eigenvalue weighted by Crippen LogP contribution is -2.06. The number of nitrogens with one attached hydrogen (secondary N) is 1. The first kappa shape index (κ1) is 12.9. The highest BCUT2D eigenvalue weighted by Gasteiger charge is 2.07. The second-order valence-corrected chi connectivity index (χ2v) is 4.94. The molecule has 0 bridgehead atoms. The second-order valence-electron chi connectivity index (χ2n) is 4.09. The Morgan fingerprint density at radius 3 is 2.44 bits per heavy atom. The number of halogens is 2. The summed E-state index contributed by atoms with van der Waals surface area (Å²) < 4.78 is 13.8. The molecule has 2 aromatic carbocycles. The van der Waals surface area contributed by atoms with E-state index in [0.717, 1.165) is 11.3 Å². The maximum atomic E-state index is 13.4. The Morgan fingerprint density at radius 1 is 1.17 bits per heavy atom. The fourth-order valence-corrected chi connectivity index (χ4v) is 1.93. The number of aromatic hydroxyl groups is 1. The van der Waals surface area contributed by atoms with Crippen LogP contribution in [0.4, 0.5) is 10.1 Å². The zero-order valence-electron chi connectivity index (χ0n) is 9.82. The van der Waals surface area contributed by atoms with Crippen molar-refractivity contribution in [3.05, 3.63) is 58.3 Å². The van der Waals surface area contributed by atoms with Crippen molar-refractivity contribution >= 4 is 21.6 Å². The van der Waals surface area contributed by atoms with E-state index in [-0.39, 0.29) is 17.6 Å². The van der Waals surface area contributed by atoms with E-state index in [1.54, 1.807) is 18.2 Å². The second kappa shape index (κ2) is 5.40. The van der Waals surface area contributed by atoms with E-state index in [1.807, 2.05) is 25.1 Å². The molecule has 1 atom stereocenters. The van der Waals surface area contributed by atoms with Gasteiger partial charge in [-0.2, -0.15) is 0 Å². The first-order chi connectivity index (χ1) is 8.56. The molecule has 0 spiro atoms. The molecule has 0 saturated heterocycles. The van der Waals surface area contributed by atoms with Crippen LogP contribution in [0.2, 0.25) is 0 Å². The third kappa shape index (κ3) is 3.01. The van der Waals surface area contributed by atoms with Crippen LogP contribution in [0.5, 0.6) is 5.75 Å². The Balaban J connectivity index is 2.13. The number of phenolic OH excluding ortho intramolecular Hbond substituents is 1. The number of anilines is 1. The summed E-state index contributed by atoms with van der Waals surface area (Å²) in [6.07, 6.45) is 0. The Morgan fingerprint density at radius 2 is 1.83 bits per heavy atom. The van der Waals surface area contributed by atoms with Crippen molar-refractivity contribution in [2.24, 2.45) is 0 Å². The Labute approximate surface area is 114 Å². The van der Waals surface area contributed by atoms with Gasteiger partial charge in [0.1, 0.15) is 11.6 Å². The van der Waals surface area contributed by atoms with Gasteiger partial charge in [-0.15, -0.1) is 0 Å². The summed E-state index contributed by atoms with van der Waals surface area (Å²) in [5.74, 6) is -0.0569. The lowest BCUT2D eigenvalue weighted by Gasteiger charge is -2.16. The van der Waals surface area contributed by atoms with Crippen LogP contribution in [0.15, 0.2) is 46.9 Å². The van der Waals surface area contributed by atoms with E-state index in [4.69, 9.17) is 0 Å². The summed E-state index contributed by atoms with van der Waals surface area (Å²) >= 11 is 3.12. The van der Waals surface area contributed by atoms with Crippen molar-refractivity contribution < 1.29 is 9.50 Å². The molecule has 94 valence electrons. The third-order valence-electron chi connectivity index (χ3n) is 2.70. The number of phenols is 1. The normalized spacial score (nSPS) is 12.2. The summed E-state index contributed by atoms with van der Waals surface area (Å²) in [4.78, 5) is 0. The van der Waals surface area contributed by atoms with Crippen molar-refractivity contribution in [3.8, 4) is 5.75 Å². The number of hydrogen-bond acceptors (Lipinski definition) is 2. The molecule has 2 nitrogen and oxygen atoms in total. The van der Waals surface area contributed by atoms with Gasteiger partial charge < -0.3 is 10.4 Å². The molecule has 2 aromatic rings. The Bertz CT molecular complexity index is 542. The number of benzene rings is 2. The fourth-order valence-electron chi connectivity index (χ4n) is 1.68. The molecule has 0 aliphatic rings. The minimum absolute atomic E-state index is 0.0335. The monoisotopic (exact) mass is 309 g/mol. The molecule has 0 amide bonds. The van der Waals surface area contributed by atoms with Crippen LogP contribution in [-0.2, 0) is 0 Å². The van der Waals surface area contributed by atoms with E-state index in [1.165, 1.54) is 6.07 Å². The highest BCUT2D eigenvalue weighted by molar-refractivity contribution is 9.10. The topological polar surface area (TPSA) is 32.3 Å². The molecule has 0 aliphatic carbocycles. The van der Waals surface area contributed by atoms with Crippen molar-refractivity contribution in [2.75, 3.05) is 5.32 Å². The summed E-state index contributed by atoms with van der Waals surface area (Å²) in [6.45, 7) is 1.98. The van der Waals surface area contributed by atoms with Crippen LogP contribution in [0, 0.1) is 5.82 Å². The van der Waals surface area contributed by atoms with Gasteiger partial charge in [-0.25, -0.2) is 4.39 Å². The maximum absolute atomic E-state index is 13.4. The largest absolute Gasteiger partial charge is 0.508 e. The van der Waals surface area contributed by atoms with E-state index in [9.17, 15) is 9.50 Å². The molecule has 0 aliphatic heterocycles. The molecule has 18 heavy (non-hydrogen) atoms. The van der Waals surface area contributed by atoms with Gasteiger partial charge in [0.25, 0.3) is 0 Å². The molecular weight excluding hydrogens is 297 g/mol. The van der Waals surface area contributed by atoms with Gasteiger partial charge >= 0.3 is 0 Å². The first-order valence-corrected chi connectivity index (χ1v) is 6.36. The van der Waals surface area contributed by atoms with Crippen molar-refractivity contribution in [3.63, 3.8) is 0 Å². The summed E-state index contributed by atoms with van der Waals surface area (Å²) in [6, 6.07) is 11.9. The van der Waals surface area contributed by atoms with Crippen molar-refractivity contribution in [2.45, 2.75) is 13.0 Å². The fraction of sp³-hybridized carbons (Fsp3) is 0.143. The van der Waals surface area contributed by atoms with Crippen LogP contribution in [0.1, 0.15) is 18.5 Å². The minimum atomic E-state index is -0.294. The Kier molecular flexibility index (Phi) is 3.87. The molecule has 0 fully saturated rings. The van der Waals surface area contributed by atoms with Gasteiger partial charge in [0.15, 0.2) is 0 Å². The number of hydrogen-bond donors (Lipinski definition) is 2. The summed E-state index contributed by atoms with van der Waals surface area (Å²) in [7, 11) is 0. The third-order valence-corrected chi connectivity index (χ3v) is 3.34. The predicted molar refractivity (Wildman–Crippen MR) is 74.2 cm³/mol. The van der Waals surface area contributed by atoms with Crippen molar-refractivity contribution in [1.82, 2.24) is 0 Å². The molecule has 4 heteroatoms. The summed E-state index contributed by atoms with van der Waals surface area (Å²) in [5, 5.41) is 12.4. The highest BCUT2D eigenvalue weighted by atomic mass is 79.9. The maximum Gasteiger partial charge on any atom is 0.139 e. The van der Waals surface area contributed by atoms with Gasteiger partial charge in [0.2, 0.25) is 0 Å². The van der Waals surface area contributed by atoms with Gasteiger partial charge in [-0.05, 0) is 58.7 Å². The van der Waals surface area contributed by atoms with E-state index >= 15 is 0 Å². The van der Waals surface area contributed by atoms with Crippen LogP contribution >= 0.6 is 15.9 Å². The van der Waals surface area contributed by atoms with Crippen LogP contribution in [0.3, 0.4) is 0 Å². The van der Waals surface area contributed by atoms with E-state index in [2.05, 4.69) is 21.2 Å².